The van der Waals surface area contributed by atoms with Gasteiger partial charge in [0.05, 0.1) is 23.7 Å². The molecule has 0 radical (unpaired) electrons. The molecule has 6 nitrogen and oxygen atoms in total. The van der Waals surface area contributed by atoms with E-state index in [1.165, 1.54) is 12.4 Å². The van der Waals surface area contributed by atoms with E-state index in [0.29, 0.717) is 17.7 Å². The van der Waals surface area contributed by atoms with Gasteiger partial charge in [0.2, 0.25) is 5.78 Å². The lowest BCUT2D eigenvalue weighted by atomic mass is 9.89. The minimum Gasteiger partial charge on any atom is -0.360 e. The Morgan fingerprint density at radius 2 is 1.91 bits per heavy atom. The van der Waals surface area contributed by atoms with Crippen LogP contribution in [0.4, 0.5) is 0 Å². The molecule has 2 heterocycles. The standard InChI is InChI=1S/C28H27N5O/c1-3-4-9-25-24(27(33-19(2)32-25)28(34)26-18-30-14-15-31-26)16-20-10-12-21(13-11-20)23-8-6-5-7-22(23)17-29/h5-8,10-15,18,27H,3-4,9,16H2,1-2H3,(H,32,33). The lowest BCUT2D eigenvalue weighted by Gasteiger charge is -2.28. The van der Waals surface area contributed by atoms with Crippen LogP contribution in [0, 0.1) is 11.3 Å². The molecule has 4 rings (SSSR count). The maximum atomic E-state index is 13.4. The molecule has 0 aliphatic carbocycles. The van der Waals surface area contributed by atoms with Crippen LogP contribution >= 0.6 is 0 Å². The van der Waals surface area contributed by atoms with Crippen LogP contribution in [0.15, 0.2) is 83.4 Å². The van der Waals surface area contributed by atoms with Crippen molar-refractivity contribution in [2.45, 2.75) is 45.6 Å². The molecule has 0 saturated heterocycles. The summed E-state index contributed by atoms with van der Waals surface area (Å²) in [4.78, 5) is 26.5. The van der Waals surface area contributed by atoms with E-state index in [1.54, 1.807) is 6.20 Å². The van der Waals surface area contributed by atoms with Crippen LogP contribution in [0.2, 0.25) is 0 Å². The Morgan fingerprint density at radius 1 is 1.12 bits per heavy atom. The Balaban J connectivity index is 1.67. The first-order chi connectivity index (χ1) is 16.6. The van der Waals surface area contributed by atoms with Gasteiger partial charge in [0, 0.05) is 18.1 Å². The van der Waals surface area contributed by atoms with Crippen molar-refractivity contribution in [1.82, 2.24) is 15.3 Å². The molecule has 34 heavy (non-hydrogen) atoms. The minimum atomic E-state index is -0.528. The number of ketones is 1. The molecule has 0 spiro atoms. The molecular formula is C28H27N5O. The molecule has 1 N–H and O–H groups in total. The van der Waals surface area contributed by atoms with Crippen LogP contribution < -0.4 is 5.32 Å². The summed E-state index contributed by atoms with van der Waals surface area (Å²) in [6.07, 6.45) is 8.09. The molecule has 1 aliphatic heterocycles. The first-order valence-corrected chi connectivity index (χ1v) is 11.5. The average Bonchev–Trinajstić information content (AvgIpc) is 2.89. The van der Waals surface area contributed by atoms with Gasteiger partial charge in [-0.1, -0.05) is 55.8 Å². The van der Waals surface area contributed by atoms with Crippen LogP contribution in [-0.4, -0.2) is 27.6 Å². The number of rotatable bonds is 8. The van der Waals surface area contributed by atoms with Gasteiger partial charge < -0.3 is 5.32 Å². The summed E-state index contributed by atoms with van der Waals surface area (Å²) in [7, 11) is 0. The van der Waals surface area contributed by atoms with Gasteiger partial charge in [0.25, 0.3) is 0 Å². The second-order valence-electron chi connectivity index (χ2n) is 8.34. The van der Waals surface area contributed by atoms with Gasteiger partial charge in [0.15, 0.2) is 0 Å². The zero-order chi connectivity index (χ0) is 23.9. The van der Waals surface area contributed by atoms with Crippen molar-refractivity contribution in [2.24, 2.45) is 4.99 Å². The number of amidine groups is 1. The fourth-order valence-corrected chi connectivity index (χ4v) is 4.19. The number of nitrogens with one attached hydrogen (secondary N) is 1. The summed E-state index contributed by atoms with van der Waals surface area (Å²) in [6.45, 7) is 4.04. The number of hydrogen-bond acceptors (Lipinski definition) is 6. The topological polar surface area (TPSA) is 91.0 Å². The average molecular weight is 450 g/mol. The van der Waals surface area contributed by atoms with Gasteiger partial charge >= 0.3 is 0 Å². The smallest absolute Gasteiger partial charge is 0.209 e. The molecule has 1 atom stereocenters. The lowest BCUT2D eigenvalue weighted by Crippen LogP contribution is -2.45. The van der Waals surface area contributed by atoms with Crippen LogP contribution in [0.1, 0.15) is 54.7 Å². The molecule has 0 amide bonds. The third kappa shape index (κ3) is 5.10. The third-order valence-corrected chi connectivity index (χ3v) is 5.93. The first-order valence-electron chi connectivity index (χ1n) is 11.5. The number of allylic oxidation sites excluding steroid dienone is 1. The zero-order valence-electron chi connectivity index (χ0n) is 19.5. The number of carbonyl (C=O) groups is 1. The Kier molecular flexibility index (Phi) is 7.24. The number of hydrogen-bond donors (Lipinski definition) is 1. The summed E-state index contributed by atoms with van der Waals surface area (Å²) in [5.74, 6) is 0.631. The fraction of sp³-hybridized carbons (Fsp3) is 0.250. The van der Waals surface area contributed by atoms with Crippen molar-refractivity contribution >= 4 is 11.6 Å². The van der Waals surface area contributed by atoms with Crippen LogP contribution in [0.3, 0.4) is 0 Å². The van der Waals surface area contributed by atoms with E-state index in [2.05, 4.69) is 40.4 Å². The zero-order valence-corrected chi connectivity index (χ0v) is 19.5. The summed E-state index contributed by atoms with van der Waals surface area (Å²) in [5.41, 5.74) is 5.91. The highest BCUT2D eigenvalue weighted by molar-refractivity contribution is 6.03. The second kappa shape index (κ2) is 10.7. The predicted octanol–water partition coefficient (Wildman–Crippen LogP) is 5.28. The van der Waals surface area contributed by atoms with Crippen molar-refractivity contribution in [3.8, 4) is 17.2 Å². The van der Waals surface area contributed by atoms with Crippen molar-refractivity contribution in [2.75, 3.05) is 0 Å². The Labute approximate surface area is 200 Å². The third-order valence-electron chi connectivity index (χ3n) is 5.93. The SMILES string of the molecule is CCCCC1=C(Cc2ccc(-c3ccccc3C#N)cc2)C(C(=O)c2cnccn2)NC(C)=N1. The fourth-order valence-electron chi connectivity index (χ4n) is 4.19. The first kappa shape index (κ1) is 23.1. The maximum Gasteiger partial charge on any atom is 0.209 e. The van der Waals surface area contributed by atoms with Gasteiger partial charge in [-0.25, -0.2) is 9.98 Å². The number of aromatic nitrogens is 2. The molecule has 2 aromatic carbocycles. The number of carbonyl (C=O) groups excluding carboxylic acids is 1. The van der Waals surface area contributed by atoms with Gasteiger partial charge in [-0.15, -0.1) is 0 Å². The minimum absolute atomic E-state index is 0.106. The van der Waals surface area contributed by atoms with Crippen molar-refractivity contribution in [3.63, 3.8) is 0 Å². The Morgan fingerprint density at radius 3 is 2.62 bits per heavy atom. The highest BCUT2D eigenvalue weighted by Gasteiger charge is 2.30. The lowest BCUT2D eigenvalue weighted by molar-refractivity contribution is 0.0959. The van der Waals surface area contributed by atoms with Crippen molar-refractivity contribution in [1.29, 1.82) is 5.26 Å². The molecule has 1 unspecified atom stereocenters. The molecule has 1 aromatic heterocycles. The predicted molar refractivity (Wildman–Crippen MR) is 133 cm³/mol. The molecule has 1 aliphatic rings. The van der Waals surface area contributed by atoms with E-state index in [-0.39, 0.29) is 5.78 Å². The largest absolute Gasteiger partial charge is 0.360 e. The summed E-state index contributed by atoms with van der Waals surface area (Å²) >= 11 is 0. The van der Waals surface area contributed by atoms with Crippen molar-refractivity contribution in [3.05, 3.63) is 95.2 Å². The quantitative estimate of drug-likeness (QED) is 0.473. The van der Waals surface area contributed by atoms with E-state index in [9.17, 15) is 10.1 Å². The normalized spacial score (nSPS) is 15.3. The maximum absolute atomic E-state index is 13.4. The van der Waals surface area contributed by atoms with Crippen molar-refractivity contribution < 1.29 is 4.79 Å². The highest BCUT2D eigenvalue weighted by atomic mass is 16.1. The van der Waals surface area contributed by atoms with E-state index >= 15 is 0 Å². The Hall–Kier alpha value is -4.11. The number of nitrogens with zero attached hydrogens (tertiary/aromatic N) is 4. The number of nitriles is 1. The van der Waals surface area contributed by atoms with Gasteiger partial charge in [0.1, 0.15) is 11.7 Å². The van der Waals surface area contributed by atoms with E-state index in [1.807, 2.05) is 43.3 Å². The molecule has 170 valence electrons. The molecular weight excluding hydrogens is 422 g/mol. The number of aliphatic imine (C=N–C) groups is 1. The van der Waals surface area contributed by atoms with Gasteiger partial charge in [-0.2, -0.15) is 5.26 Å². The number of unbranched alkanes of at least 4 members (excludes halogenated alkanes) is 1. The van der Waals surface area contributed by atoms with Gasteiger partial charge in [-0.3, -0.25) is 9.78 Å². The van der Waals surface area contributed by atoms with Crippen LogP contribution in [0.25, 0.3) is 11.1 Å². The second-order valence-corrected chi connectivity index (χ2v) is 8.34. The number of benzene rings is 2. The monoisotopic (exact) mass is 449 g/mol. The summed E-state index contributed by atoms with van der Waals surface area (Å²) in [6, 6.07) is 17.5. The summed E-state index contributed by atoms with van der Waals surface area (Å²) in [5, 5.41) is 12.7. The highest BCUT2D eigenvalue weighted by Crippen LogP contribution is 2.28. The number of Topliss-reactive ketones (excluding diaryl/α,β-unsaturated/α-hetero) is 1. The Bertz CT molecular complexity index is 1270. The van der Waals surface area contributed by atoms with Gasteiger partial charge in [-0.05, 0) is 54.5 Å². The van der Waals surface area contributed by atoms with E-state index in [0.717, 1.165) is 53.1 Å². The summed E-state index contributed by atoms with van der Waals surface area (Å²) < 4.78 is 0. The molecule has 0 fully saturated rings. The van der Waals surface area contributed by atoms with Crippen LogP contribution in [0.5, 0.6) is 0 Å². The van der Waals surface area contributed by atoms with Crippen LogP contribution in [-0.2, 0) is 6.42 Å². The molecule has 0 saturated carbocycles. The van der Waals surface area contributed by atoms with E-state index in [4.69, 9.17) is 4.99 Å². The van der Waals surface area contributed by atoms with E-state index < -0.39 is 6.04 Å². The molecule has 6 heteroatoms. The molecule has 0 bridgehead atoms. The molecule has 3 aromatic rings.